The third-order valence-electron chi connectivity index (χ3n) is 2.04. The molecule has 0 aliphatic heterocycles. The first-order valence-corrected chi connectivity index (χ1v) is 4.71. The lowest BCUT2D eigenvalue weighted by atomic mass is 9.98. The van der Waals surface area contributed by atoms with E-state index in [4.69, 9.17) is 0 Å². The number of carbonyl (C=O) groups excluding carboxylic acids is 2. The van der Waals surface area contributed by atoms with E-state index in [1.165, 1.54) is 0 Å². The Morgan fingerprint density at radius 2 is 2.00 bits per heavy atom. The maximum atomic E-state index is 10.9. The van der Waals surface area contributed by atoms with E-state index in [1.807, 2.05) is 6.92 Å². The second kappa shape index (κ2) is 7.01. The molecule has 0 spiro atoms. The number of carbonyl (C=O) groups is 2. The standard InChI is InChI=1S/C10H18O2/c1-3-5-9(8-11)6-7-10(12)4-2/h8-9H,3-7H2,1-2H3/t9-/m1/s1. The fourth-order valence-corrected chi connectivity index (χ4v) is 1.17. The Bertz CT molecular complexity index is 141. The molecule has 0 heterocycles. The number of aldehydes is 1. The summed E-state index contributed by atoms with van der Waals surface area (Å²) in [5.41, 5.74) is 0. The van der Waals surface area contributed by atoms with Crippen molar-refractivity contribution in [3.8, 4) is 0 Å². The van der Waals surface area contributed by atoms with E-state index in [2.05, 4.69) is 6.92 Å². The van der Waals surface area contributed by atoms with Crippen LogP contribution in [0.5, 0.6) is 0 Å². The second-order valence-corrected chi connectivity index (χ2v) is 3.12. The van der Waals surface area contributed by atoms with Crippen LogP contribution in [0.15, 0.2) is 0 Å². The molecule has 12 heavy (non-hydrogen) atoms. The lowest BCUT2D eigenvalue weighted by Gasteiger charge is -2.06. The van der Waals surface area contributed by atoms with Crippen molar-refractivity contribution in [2.24, 2.45) is 5.92 Å². The van der Waals surface area contributed by atoms with Gasteiger partial charge in [0.1, 0.15) is 12.1 Å². The Hall–Kier alpha value is -0.660. The number of Topliss-reactive ketones (excluding diaryl/α,β-unsaturated/α-hetero) is 1. The van der Waals surface area contributed by atoms with Crippen molar-refractivity contribution >= 4 is 12.1 Å². The molecule has 0 N–H and O–H groups in total. The predicted octanol–water partition coefficient (Wildman–Crippen LogP) is 2.36. The van der Waals surface area contributed by atoms with E-state index in [0.29, 0.717) is 12.8 Å². The van der Waals surface area contributed by atoms with E-state index >= 15 is 0 Å². The van der Waals surface area contributed by atoms with E-state index in [-0.39, 0.29) is 11.7 Å². The van der Waals surface area contributed by atoms with Crippen molar-refractivity contribution in [3.63, 3.8) is 0 Å². The zero-order valence-corrected chi connectivity index (χ0v) is 8.01. The van der Waals surface area contributed by atoms with Gasteiger partial charge >= 0.3 is 0 Å². The Labute approximate surface area is 74.3 Å². The molecule has 0 bridgehead atoms. The van der Waals surface area contributed by atoms with E-state index in [0.717, 1.165) is 25.5 Å². The largest absolute Gasteiger partial charge is 0.303 e. The lowest BCUT2D eigenvalue weighted by molar-refractivity contribution is -0.119. The van der Waals surface area contributed by atoms with Crippen molar-refractivity contribution in [2.45, 2.75) is 46.0 Å². The van der Waals surface area contributed by atoms with Gasteiger partial charge in [-0.25, -0.2) is 0 Å². The minimum atomic E-state index is 0.102. The molecule has 0 radical (unpaired) electrons. The molecule has 0 saturated carbocycles. The van der Waals surface area contributed by atoms with Crippen LogP contribution in [-0.4, -0.2) is 12.1 Å². The Morgan fingerprint density at radius 1 is 1.33 bits per heavy atom. The van der Waals surface area contributed by atoms with Crippen LogP contribution in [0.25, 0.3) is 0 Å². The summed E-state index contributed by atoms with van der Waals surface area (Å²) in [6, 6.07) is 0. The summed E-state index contributed by atoms with van der Waals surface area (Å²) < 4.78 is 0. The molecule has 0 fully saturated rings. The lowest BCUT2D eigenvalue weighted by Crippen LogP contribution is -2.05. The molecule has 0 unspecified atom stereocenters. The number of rotatable bonds is 7. The van der Waals surface area contributed by atoms with Crippen molar-refractivity contribution < 1.29 is 9.59 Å². The van der Waals surface area contributed by atoms with Gasteiger partial charge in [-0.05, 0) is 12.8 Å². The third-order valence-corrected chi connectivity index (χ3v) is 2.04. The zero-order chi connectivity index (χ0) is 9.40. The molecule has 0 aromatic heterocycles. The normalized spacial score (nSPS) is 12.5. The highest BCUT2D eigenvalue weighted by Gasteiger charge is 2.07. The summed E-state index contributed by atoms with van der Waals surface area (Å²) in [5, 5.41) is 0. The van der Waals surface area contributed by atoms with Crippen LogP contribution in [0.1, 0.15) is 46.0 Å². The number of hydrogen-bond donors (Lipinski definition) is 0. The van der Waals surface area contributed by atoms with Gasteiger partial charge < -0.3 is 4.79 Å². The Morgan fingerprint density at radius 3 is 2.42 bits per heavy atom. The average molecular weight is 170 g/mol. The third kappa shape index (κ3) is 5.05. The van der Waals surface area contributed by atoms with Gasteiger partial charge in [0.25, 0.3) is 0 Å². The van der Waals surface area contributed by atoms with Crippen molar-refractivity contribution in [1.29, 1.82) is 0 Å². The molecule has 0 aromatic carbocycles. The van der Waals surface area contributed by atoms with Crippen LogP contribution in [0.3, 0.4) is 0 Å². The zero-order valence-electron chi connectivity index (χ0n) is 8.01. The quantitative estimate of drug-likeness (QED) is 0.550. The Kier molecular flexibility index (Phi) is 6.63. The number of hydrogen-bond acceptors (Lipinski definition) is 2. The minimum absolute atomic E-state index is 0.102. The van der Waals surface area contributed by atoms with E-state index in [1.54, 1.807) is 0 Å². The van der Waals surface area contributed by atoms with Crippen molar-refractivity contribution in [2.75, 3.05) is 0 Å². The highest BCUT2D eigenvalue weighted by atomic mass is 16.1. The fraction of sp³-hybridized carbons (Fsp3) is 0.800. The topological polar surface area (TPSA) is 34.1 Å². The van der Waals surface area contributed by atoms with Gasteiger partial charge in [0, 0.05) is 18.8 Å². The highest BCUT2D eigenvalue weighted by Crippen LogP contribution is 2.11. The van der Waals surface area contributed by atoms with Crippen LogP contribution >= 0.6 is 0 Å². The summed E-state index contributed by atoms with van der Waals surface area (Å²) in [4.78, 5) is 21.4. The van der Waals surface area contributed by atoms with Crippen LogP contribution in [0.2, 0.25) is 0 Å². The number of ketones is 1. The van der Waals surface area contributed by atoms with Crippen LogP contribution in [-0.2, 0) is 9.59 Å². The first kappa shape index (κ1) is 11.3. The second-order valence-electron chi connectivity index (χ2n) is 3.12. The van der Waals surface area contributed by atoms with Gasteiger partial charge in [0.2, 0.25) is 0 Å². The maximum Gasteiger partial charge on any atom is 0.132 e. The van der Waals surface area contributed by atoms with Crippen LogP contribution < -0.4 is 0 Å². The minimum Gasteiger partial charge on any atom is -0.303 e. The van der Waals surface area contributed by atoms with Gasteiger partial charge in [-0.1, -0.05) is 20.3 Å². The fourth-order valence-electron chi connectivity index (χ4n) is 1.17. The summed E-state index contributed by atoms with van der Waals surface area (Å²) in [7, 11) is 0. The molecular weight excluding hydrogens is 152 g/mol. The summed E-state index contributed by atoms with van der Waals surface area (Å²) in [6.07, 6.45) is 4.82. The van der Waals surface area contributed by atoms with E-state index in [9.17, 15) is 9.59 Å². The highest BCUT2D eigenvalue weighted by molar-refractivity contribution is 5.78. The summed E-state index contributed by atoms with van der Waals surface area (Å²) in [5.74, 6) is 0.364. The molecular formula is C10H18O2. The van der Waals surface area contributed by atoms with E-state index < -0.39 is 0 Å². The molecule has 1 atom stereocenters. The van der Waals surface area contributed by atoms with Gasteiger partial charge in [-0.2, -0.15) is 0 Å². The smallest absolute Gasteiger partial charge is 0.132 e. The molecule has 70 valence electrons. The molecule has 0 rings (SSSR count). The SMILES string of the molecule is CCC[C@@H](C=O)CCC(=O)CC. The molecule has 0 saturated heterocycles. The molecule has 0 aromatic rings. The first-order chi connectivity index (χ1) is 5.74. The van der Waals surface area contributed by atoms with Crippen LogP contribution in [0.4, 0.5) is 0 Å². The predicted molar refractivity (Wildman–Crippen MR) is 49.0 cm³/mol. The summed E-state index contributed by atoms with van der Waals surface area (Å²) >= 11 is 0. The van der Waals surface area contributed by atoms with Crippen LogP contribution in [0, 0.1) is 5.92 Å². The monoisotopic (exact) mass is 170 g/mol. The van der Waals surface area contributed by atoms with Gasteiger partial charge in [0.05, 0.1) is 0 Å². The van der Waals surface area contributed by atoms with Gasteiger partial charge in [-0.3, -0.25) is 4.79 Å². The maximum absolute atomic E-state index is 10.9. The molecule has 0 aliphatic rings. The first-order valence-electron chi connectivity index (χ1n) is 4.71. The molecule has 2 nitrogen and oxygen atoms in total. The van der Waals surface area contributed by atoms with Crippen molar-refractivity contribution in [1.82, 2.24) is 0 Å². The molecule has 0 aliphatic carbocycles. The molecule has 0 amide bonds. The molecule has 2 heteroatoms. The van der Waals surface area contributed by atoms with Gasteiger partial charge in [-0.15, -0.1) is 0 Å². The van der Waals surface area contributed by atoms with Crippen molar-refractivity contribution in [3.05, 3.63) is 0 Å². The average Bonchev–Trinajstić information content (AvgIpc) is 2.11. The van der Waals surface area contributed by atoms with Gasteiger partial charge in [0.15, 0.2) is 0 Å². The summed E-state index contributed by atoms with van der Waals surface area (Å²) in [6.45, 7) is 3.91. The Balaban J connectivity index is 3.57.